The molecule has 0 fully saturated rings. The number of benzene rings is 2. The molecule has 2 rings (SSSR count). The van der Waals surface area contributed by atoms with Crippen molar-refractivity contribution >= 4 is 15.9 Å². The van der Waals surface area contributed by atoms with Crippen molar-refractivity contribution in [3.8, 4) is 11.5 Å². The van der Waals surface area contributed by atoms with Gasteiger partial charge in [-0.15, -0.1) is 0 Å². The quantitative estimate of drug-likeness (QED) is 0.725. The van der Waals surface area contributed by atoms with Gasteiger partial charge in [0, 0.05) is 10.4 Å². The molecule has 2 nitrogen and oxygen atoms in total. The van der Waals surface area contributed by atoms with Crippen molar-refractivity contribution in [1.82, 2.24) is 0 Å². The molecule has 0 aromatic heterocycles. The fraction of sp³-hybridized carbons (Fsp3) is 0.250. The second kappa shape index (κ2) is 6.89. The van der Waals surface area contributed by atoms with E-state index in [9.17, 15) is 8.78 Å². The fourth-order valence-electron chi connectivity index (χ4n) is 2.07. The fourth-order valence-corrected chi connectivity index (χ4v) is 2.68. The van der Waals surface area contributed by atoms with Crippen LogP contribution in [0.15, 0.2) is 36.4 Å². The summed E-state index contributed by atoms with van der Waals surface area (Å²) in [6.45, 7) is 0. The molecule has 112 valence electrons. The molecule has 0 aliphatic rings. The van der Waals surface area contributed by atoms with E-state index in [1.165, 1.54) is 18.2 Å². The Morgan fingerprint density at radius 2 is 1.62 bits per heavy atom. The Hall–Kier alpha value is -1.62. The van der Waals surface area contributed by atoms with Crippen molar-refractivity contribution in [3.05, 3.63) is 59.2 Å². The zero-order chi connectivity index (χ0) is 15.4. The van der Waals surface area contributed by atoms with Gasteiger partial charge in [0.05, 0.1) is 14.2 Å². The first-order valence-electron chi connectivity index (χ1n) is 6.35. The van der Waals surface area contributed by atoms with Crippen LogP contribution in [0.4, 0.5) is 8.78 Å². The van der Waals surface area contributed by atoms with Crippen molar-refractivity contribution < 1.29 is 18.3 Å². The lowest BCUT2D eigenvalue weighted by Gasteiger charge is -2.14. The Morgan fingerprint density at radius 1 is 1.00 bits per heavy atom. The van der Waals surface area contributed by atoms with Crippen LogP contribution < -0.4 is 9.47 Å². The third-order valence-corrected chi connectivity index (χ3v) is 4.07. The molecule has 0 aliphatic carbocycles. The lowest BCUT2D eigenvalue weighted by atomic mass is 10.0. The number of hydrogen-bond donors (Lipinski definition) is 0. The molecule has 0 aliphatic heterocycles. The summed E-state index contributed by atoms with van der Waals surface area (Å²) in [5, 5.41) is 0. The highest BCUT2D eigenvalue weighted by Crippen LogP contribution is 2.35. The van der Waals surface area contributed by atoms with Crippen LogP contribution in [0, 0.1) is 11.6 Å². The topological polar surface area (TPSA) is 18.5 Å². The average Bonchev–Trinajstić information content (AvgIpc) is 2.50. The molecular weight excluding hydrogens is 342 g/mol. The predicted molar refractivity (Wildman–Crippen MR) is 81.3 cm³/mol. The number of hydrogen-bond acceptors (Lipinski definition) is 2. The minimum Gasteiger partial charge on any atom is -0.493 e. The van der Waals surface area contributed by atoms with E-state index in [0.717, 1.165) is 5.56 Å². The first kappa shape index (κ1) is 15.8. The molecule has 21 heavy (non-hydrogen) atoms. The van der Waals surface area contributed by atoms with Gasteiger partial charge in [0.1, 0.15) is 11.6 Å². The molecule has 1 unspecified atom stereocenters. The second-order valence-electron chi connectivity index (χ2n) is 4.49. The minimum atomic E-state index is -0.542. The molecule has 0 bridgehead atoms. The molecule has 0 spiro atoms. The number of alkyl halides is 1. The molecule has 2 aromatic rings. The summed E-state index contributed by atoms with van der Waals surface area (Å²) in [5.74, 6) is 0.103. The number of ether oxygens (including phenoxy) is 2. The largest absolute Gasteiger partial charge is 0.493 e. The van der Waals surface area contributed by atoms with Gasteiger partial charge in [0.25, 0.3) is 0 Å². The van der Waals surface area contributed by atoms with Gasteiger partial charge in [0.2, 0.25) is 0 Å². The maximum Gasteiger partial charge on any atom is 0.161 e. The summed E-state index contributed by atoms with van der Waals surface area (Å²) in [6.07, 6.45) is 0.202. The van der Waals surface area contributed by atoms with Gasteiger partial charge in [-0.2, -0.15) is 0 Å². The van der Waals surface area contributed by atoms with E-state index in [4.69, 9.17) is 9.47 Å². The van der Waals surface area contributed by atoms with E-state index in [1.807, 2.05) is 6.07 Å². The van der Waals surface area contributed by atoms with E-state index in [2.05, 4.69) is 15.9 Å². The molecular formula is C16H15BrF2O2. The van der Waals surface area contributed by atoms with Crippen LogP contribution in [-0.4, -0.2) is 14.2 Å². The first-order valence-corrected chi connectivity index (χ1v) is 7.27. The van der Waals surface area contributed by atoms with Gasteiger partial charge >= 0.3 is 0 Å². The molecule has 2 aromatic carbocycles. The molecule has 5 heteroatoms. The third kappa shape index (κ3) is 3.53. The van der Waals surface area contributed by atoms with E-state index in [-0.39, 0.29) is 16.8 Å². The molecule has 0 saturated carbocycles. The summed E-state index contributed by atoms with van der Waals surface area (Å²) >= 11 is 3.47. The molecule has 0 saturated heterocycles. The summed E-state index contributed by atoms with van der Waals surface area (Å²) in [6, 6.07) is 9.25. The van der Waals surface area contributed by atoms with Crippen LogP contribution >= 0.6 is 15.9 Å². The maximum absolute atomic E-state index is 13.7. The van der Waals surface area contributed by atoms with Crippen LogP contribution in [0.2, 0.25) is 0 Å². The summed E-state index contributed by atoms with van der Waals surface area (Å²) in [4.78, 5) is -0.233. The molecule has 0 radical (unpaired) electrons. The number of methoxy groups -OCH3 is 2. The van der Waals surface area contributed by atoms with Gasteiger partial charge in [-0.3, -0.25) is 0 Å². The van der Waals surface area contributed by atoms with Crippen LogP contribution in [0.25, 0.3) is 0 Å². The lowest BCUT2D eigenvalue weighted by molar-refractivity contribution is 0.354. The van der Waals surface area contributed by atoms with Crippen molar-refractivity contribution in [2.24, 2.45) is 0 Å². The second-order valence-corrected chi connectivity index (χ2v) is 5.59. The Kier molecular flexibility index (Phi) is 5.17. The number of rotatable bonds is 5. The Morgan fingerprint density at radius 3 is 2.19 bits per heavy atom. The average molecular weight is 357 g/mol. The lowest BCUT2D eigenvalue weighted by Crippen LogP contribution is -2.02. The van der Waals surface area contributed by atoms with Crippen LogP contribution in [0.3, 0.4) is 0 Å². The van der Waals surface area contributed by atoms with E-state index in [0.29, 0.717) is 11.5 Å². The highest BCUT2D eigenvalue weighted by molar-refractivity contribution is 9.09. The Labute approximate surface area is 130 Å². The predicted octanol–water partition coefficient (Wildman–Crippen LogP) is 4.66. The normalized spacial score (nSPS) is 12.0. The van der Waals surface area contributed by atoms with Gasteiger partial charge in [-0.05, 0) is 36.2 Å². The molecule has 0 heterocycles. The van der Waals surface area contributed by atoms with Crippen LogP contribution in [-0.2, 0) is 6.42 Å². The van der Waals surface area contributed by atoms with E-state index < -0.39 is 11.6 Å². The van der Waals surface area contributed by atoms with Gasteiger partial charge < -0.3 is 9.47 Å². The minimum absolute atomic E-state index is 0.0640. The molecule has 0 amide bonds. The summed E-state index contributed by atoms with van der Waals surface area (Å²) in [7, 11) is 3.10. The standard InChI is InChI=1S/C16H15BrF2O2/c1-20-15-7-6-10(8-16(15)21-2)12(17)9-11-13(18)4-3-5-14(11)19/h3-8,12H,9H2,1-2H3. The monoisotopic (exact) mass is 356 g/mol. The van der Waals surface area contributed by atoms with Crippen LogP contribution in [0.1, 0.15) is 16.0 Å². The zero-order valence-electron chi connectivity index (χ0n) is 11.7. The van der Waals surface area contributed by atoms with Gasteiger partial charge in [-0.1, -0.05) is 28.1 Å². The Balaban J connectivity index is 2.26. The zero-order valence-corrected chi connectivity index (χ0v) is 13.3. The summed E-state index contributed by atoms with van der Waals surface area (Å²) < 4.78 is 37.8. The highest BCUT2D eigenvalue weighted by Gasteiger charge is 2.16. The van der Waals surface area contributed by atoms with Crippen molar-refractivity contribution in [2.45, 2.75) is 11.2 Å². The maximum atomic E-state index is 13.7. The smallest absolute Gasteiger partial charge is 0.161 e. The van der Waals surface area contributed by atoms with Crippen molar-refractivity contribution in [3.63, 3.8) is 0 Å². The van der Waals surface area contributed by atoms with Crippen molar-refractivity contribution in [2.75, 3.05) is 14.2 Å². The Bertz CT molecular complexity index is 611. The van der Waals surface area contributed by atoms with Gasteiger partial charge in [0.15, 0.2) is 11.5 Å². The van der Waals surface area contributed by atoms with Gasteiger partial charge in [-0.25, -0.2) is 8.78 Å². The van der Waals surface area contributed by atoms with E-state index >= 15 is 0 Å². The first-order chi connectivity index (χ1) is 10.1. The van der Waals surface area contributed by atoms with E-state index in [1.54, 1.807) is 26.4 Å². The van der Waals surface area contributed by atoms with Crippen LogP contribution in [0.5, 0.6) is 11.5 Å². The molecule has 1 atom stereocenters. The highest BCUT2D eigenvalue weighted by atomic mass is 79.9. The third-order valence-electron chi connectivity index (χ3n) is 3.21. The van der Waals surface area contributed by atoms with Crippen molar-refractivity contribution in [1.29, 1.82) is 0 Å². The number of halogens is 3. The SMILES string of the molecule is COc1ccc(C(Br)Cc2c(F)cccc2F)cc1OC. The molecule has 0 N–H and O–H groups in total. The summed E-state index contributed by atoms with van der Waals surface area (Å²) in [5.41, 5.74) is 0.921.